The van der Waals surface area contributed by atoms with Crippen LogP contribution in [0.4, 0.5) is 0 Å². The lowest BCUT2D eigenvalue weighted by Crippen LogP contribution is -2.05. The minimum Gasteiger partial charge on any atom is -0.504 e. The van der Waals surface area contributed by atoms with Crippen LogP contribution in [0.1, 0.15) is 23.7 Å². The first-order chi connectivity index (χ1) is 7.06. The number of phenols is 1. The highest BCUT2D eigenvalue weighted by Gasteiger charge is 2.15. The molecule has 1 aromatic rings. The molecule has 4 heteroatoms. The number of hydrogen-bond acceptors (Lipinski definition) is 4. The third-order valence-electron chi connectivity index (χ3n) is 1.93. The van der Waals surface area contributed by atoms with Gasteiger partial charge in [-0.05, 0) is 19.1 Å². The molecule has 0 unspecified atom stereocenters. The number of phenolic OH excluding ortho intramolecular Hbond substituents is 1. The second kappa shape index (κ2) is 4.59. The number of Topliss-reactive ketones (excluding diaryl/α,β-unsaturated/α-hetero) is 2. The van der Waals surface area contributed by atoms with Crippen LogP contribution in [0.2, 0.25) is 0 Å². The number of hydrogen-bond donors (Lipinski definition) is 1. The van der Waals surface area contributed by atoms with E-state index in [1.807, 2.05) is 0 Å². The molecule has 15 heavy (non-hydrogen) atoms. The van der Waals surface area contributed by atoms with Crippen LogP contribution in [0, 0.1) is 0 Å². The van der Waals surface area contributed by atoms with E-state index in [1.54, 1.807) is 12.1 Å². The van der Waals surface area contributed by atoms with Crippen LogP contribution >= 0.6 is 0 Å². The molecule has 0 atom stereocenters. The Kier molecular flexibility index (Phi) is 3.44. The Morgan fingerprint density at radius 1 is 1.40 bits per heavy atom. The highest BCUT2D eigenvalue weighted by atomic mass is 16.5. The number of methoxy groups -OCH3 is 1. The molecule has 0 radical (unpaired) electrons. The van der Waals surface area contributed by atoms with Crippen molar-refractivity contribution in [3.8, 4) is 11.5 Å². The molecule has 80 valence electrons. The first-order valence-corrected chi connectivity index (χ1v) is 4.45. The van der Waals surface area contributed by atoms with Crippen LogP contribution < -0.4 is 4.74 Å². The molecule has 1 N–H and O–H groups in total. The van der Waals surface area contributed by atoms with Crippen LogP contribution in [0.25, 0.3) is 0 Å². The summed E-state index contributed by atoms with van der Waals surface area (Å²) in [6, 6.07) is 4.59. The van der Waals surface area contributed by atoms with E-state index in [0.29, 0.717) is 0 Å². The lowest BCUT2D eigenvalue weighted by molar-refractivity contribution is -0.116. The summed E-state index contributed by atoms with van der Waals surface area (Å²) in [6.45, 7) is 1.33. The number of carbonyl (C=O) groups excluding carboxylic acids is 2. The van der Waals surface area contributed by atoms with E-state index < -0.39 is 5.78 Å². The molecule has 4 nitrogen and oxygen atoms in total. The van der Waals surface area contributed by atoms with Crippen molar-refractivity contribution in [2.24, 2.45) is 0 Å². The van der Waals surface area contributed by atoms with Crippen molar-refractivity contribution in [1.82, 2.24) is 0 Å². The standard InChI is InChI=1S/C11H12O4/c1-7(12)6-9(13)8-4-3-5-10(15-2)11(8)14/h3-5,14H,6H2,1-2H3. The van der Waals surface area contributed by atoms with Gasteiger partial charge in [-0.2, -0.15) is 0 Å². The number of aromatic hydroxyl groups is 1. The van der Waals surface area contributed by atoms with Crippen LogP contribution in [0.15, 0.2) is 18.2 Å². The predicted molar refractivity (Wildman–Crippen MR) is 54.3 cm³/mol. The van der Waals surface area contributed by atoms with Gasteiger partial charge in [-0.15, -0.1) is 0 Å². The molecule has 0 saturated heterocycles. The van der Waals surface area contributed by atoms with Crippen molar-refractivity contribution in [1.29, 1.82) is 0 Å². The number of carbonyl (C=O) groups is 2. The largest absolute Gasteiger partial charge is 0.504 e. The van der Waals surface area contributed by atoms with Crippen LogP contribution in [0.5, 0.6) is 11.5 Å². The second-order valence-electron chi connectivity index (χ2n) is 3.16. The average molecular weight is 208 g/mol. The van der Waals surface area contributed by atoms with Crippen molar-refractivity contribution in [3.05, 3.63) is 23.8 Å². The van der Waals surface area contributed by atoms with Gasteiger partial charge in [0.25, 0.3) is 0 Å². The van der Waals surface area contributed by atoms with Gasteiger partial charge >= 0.3 is 0 Å². The molecule has 0 aliphatic rings. The Hall–Kier alpha value is -1.84. The van der Waals surface area contributed by atoms with E-state index in [0.717, 1.165) is 0 Å². The summed E-state index contributed by atoms with van der Waals surface area (Å²) in [5.41, 5.74) is 0.115. The van der Waals surface area contributed by atoms with E-state index in [1.165, 1.54) is 20.1 Å². The summed E-state index contributed by atoms with van der Waals surface area (Å²) in [5.74, 6) is -0.628. The topological polar surface area (TPSA) is 63.6 Å². The van der Waals surface area contributed by atoms with E-state index in [2.05, 4.69) is 0 Å². The molecule has 0 saturated carbocycles. The molecule has 0 amide bonds. The summed E-state index contributed by atoms with van der Waals surface area (Å²) in [6.07, 6.45) is -0.208. The molecule has 0 bridgehead atoms. The Labute approximate surface area is 87.5 Å². The fraction of sp³-hybridized carbons (Fsp3) is 0.273. The fourth-order valence-electron chi connectivity index (χ4n) is 1.23. The lowest BCUT2D eigenvalue weighted by atomic mass is 10.1. The molecule has 0 aliphatic heterocycles. The van der Waals surface area contributed by atoms with Gasteiger partial charge < -0.3 is 9.84 Å². The minimum atomic E-state index is -0.404. The Bertz CT molecular complexity index is 396. The number of ketones is 2. The van der Waals surface area contributed by atoms with Crippen LogP contribution in [0.3, 0.4) is 0 Å². The van der Waals surface area contributed by atoms with Crippen molar-refractivity contribution in [2.45, 2.75) is 13.3 Å². The molecule has 1 aromatic carbocycles. The number of ether oxygens (including phenoxy) is 1. The van der Waals surface area contributed by atoms with Crippen molar-refractivity contribution >= 4 is 11.6 Å². The van der Waals surface area contributed by atoms with Gasteiger partial charge in [0.2, 0.25) is 0 Å². The van der Waals surface area contributed by atoms with Gasteiger partial charge in [-0.3, -0.25) is 9.59 Å². The van der Waals surface area contributed by atoms with E-state index in [-0.39, 0.29) is 29.3 Å². The van der Waals surface area contributed by atoms with E-state index >= 15 is 0 Å². The summed E-state index contributed by atoms with van der Waals surface area (Å²) in [4.78, 5) is 22.3. The molecule has 0 aromatic heterocycles. The minimum absolute atomic E-state index is 0.115. The third-order valence-corrected chi connectivity index (χ3v) is 1.93. The molecule has 0 aliphatic carbocycles. The van der Waals surface area contributed by atoms with E-state index in [9.17, 15) is 14.7 Å². The molecule has 0 heterocycles. The van der Waals surface area contributed by atoms with Gasteiger partial charge in [0.1, 0.15) is 5.78 Å². The van der Waals surface area contributed by atoms with Crippen molar-refractivity contribution in [2.75, 3.05) is 7.11 Å². The van der Waals surface area contributed by atoms with Crippen molar-refractivity contribution < 1.29 is 19.4 Å². The number of benzene rings is 1. The van der Waals surface area contributed by atoms with Gasteiger partial charge in [0.05, 0.1) is 19.1 Å². The summed E-state index contributed by atoms with van der Waals surface area (Å²) >= 11 is 0. The monoisotopic (exact) mass is 208 g/mol. The SMILES string of the molecule is COc1cccc(C(=O)CC(C)=O)c1O. The normalized spacial score (nSPS) is 9.73. The lowest BCUT2D eigenvalue weighted by Gasteiger charge is -2.06. The van der Waals surface area contributed by atoms with Gasteiger partial charge in [-0.25, -0.2) is 0 Å². The molecule has 1 rings (SSSR count). The molecular formula is C11H12O4. The summed E-state index contributed by atoms with van der Waals surface area (Å²) in [5, 5.41) is 9.61. The Balaban J connectivity index is 3.04. The highest BCUT2D eigenvalue weighted by Crippen LogP contribution is 2.30. The quantitative estimate of drug-likeness (QED) is 0.602. The zero-order chi connectivity index (χ0) is 11.4. The molecule has 0 fully saturated rings. The first kappa shape index (κ1) is 11.2. The predicted octanol–water partition coefficient (Wildman–Crippen LogP) is 1.56. The third kappa shape index (κ3) is 2.56. The molecule has 0 spiro atoms. The maximum absolute atomic E-state index is 11.5. The van der Waals surface area contributed by atoms with Gasteiger partial charge in [-0.1, -0.05) is 6.07 Å². The number of rotatable bonds is 4. The Morgan fingerprint density at radius 2 is 2.07 bits per heavy atom. The fourth-order valence-corrected chi connectivity index (χ4v) is 1.23. The first-order valence-electron chi connectivity index (χ1n) is 4.45. The zero-order valence-electron chi connectivity index (χ0n) is 8.61. The second-order valence-corrected chi connectivity index (χ2v) is 3.16. The van der Waals surface area contributed by atoms with E-state index in [4.69, 9.17) is 4.74 Å². The van der Waals surface area contributed by atoms with Gasteiger partial charge in [0, 0.05) is 0 Å². The Morgan fingerprint density at radius 3 is 2.60 bits per heavy atom. The summed E-state index contributed by atoms with van der Waals surface area (Å²) < 4.78 is 4.85. The average Bonchev–Trinajstić information content (AvgIpc) is 2.17. The molecular weight excluding hydrogens is 196 g/mol. The maximum atomic E-state index is 11.5. The van der Waals surface area contributed by atoms with Crippen molar-refractivity contribution in [3.63, 3.8) is 0 Å². The maximum Gasteiger partial charge on any atom is 0.174 e. The highest BCUT2D eigenvalue weighted by molar-refractivity contribution is 6.09. The zero-order valence-corrected chi connectivity index (χ0v) is 8.61. The van der Waals surface area contributed by atoms with Gasteiger partial charge in [0.15, 0.2) is 17.3 Å². The summed E-state index contributed by atoms with van der Waals surface area (Å²) in [7, 11) is 1.40. The smallest absolute Gasteiger partial charge is 0.174 e. The number of para-hydroxylation sites is 1. The van der Waals surface area contributed by atoms with Crippen LogP contribution in [-0.2, 0) is 4.79 Å². The van der Waals surface area contributed by atoms with Crippen LogP contribution in [-0.4, -0.2) is 23.8 Å².